The van der Waals surface area contributed by atoms with E-state index >= 15 is 0 Å². The van der Waals surface area contributed by atoms with E-state index in [1.165, 1.54) is 0 Å². The summed E-state index contributed by atoms with van der Waals surface area (Å²) in [6.45, 7) is 3.10. The lowest BCUT2D eigenvalue weighted by molar-refractivity contribution is 0.970. The van der Waals surface area contributed by atoms with Crippen molar-refractivity contribution in [3.05, 3.63) is 33.4 Å². The van der Waals surface area contributed by atoms with Crippen molar-refractivity contribution in [3.63, 3.8) is 0 Å². The van der Waals surface area contributed by atoms with Crippen molar-refractivity contribution in [3.8, 4) is 11.3 Å². The number of halogens is 1. The van der Waals surface area contributed by atoms with E-state index in [4.69, 9.17) is 0 Å². The number of pyridine rings is 1. The molecule has 0 atom stereocenters. The highest BCUT2D eigenvalue weighted by atomic mass is 79.9. The summed E-state index contributed by atoms with van der Waals surface area (Å²) in [4.78, 5) is 4.58. The molecular weight excluding hydrogens is 284 g/mol. The lowest BCUT2D eigenvalue weighted by Gasteiger charge is -2.05. The summed E-state index contributed by atoms with van der Waals surface area (Å²) < 4.78 is 1.11. The van der Waals surface area contributed by atoms with E-state index in [2.05, 4.69) is 43.9 Å². The van der Waals surface area contributed by atoms with Crippen LogP contribution in [0.2, 0.25) is 0 Å². The van der Waals surface area contributed by atoms with Crippen molar-refractivity contribution >= 4 is 33.1 Å². The molecule has 0 bridgehead atoms. The van der Waals surface area contributed by atoms with Gasteiger partial charge in [0.1, 0.15) is 5.82 Å². The summed E-state index contributed by atoms with van der Waals surface area (Å²) >= 11 is 5.21. The van der Waals surface area contributed by atoms with E-state index in [1.807, 2.05) is 18.2 Å². The minimum Gasteiger partial charge on any atom is -0.370 e. The van der Waals surface area contributed by atoms with Crippen molar-refractivity contribution in [2.24, 2.45) is 0 Å². The van der Waals surface area contributed by atoms with Crippen LogP contribution in [0.5, 0.6) is 0 Å². The number of thiophene rings is 1. The minimum absolute atomic E-state index is 0.942. The monoisotopic (exact) mass is 296 g/mol. The van der Waals surface area contributed by atoms with Gasteiger partial charge >= 0.3 is 0 Å². The standard InChI is InChI=1S/C12H13BrN2S/c1-2-6-14-12-5-3-4-11(15-12)9-7-16-8-10(9)13/h3-5,7-8H,2,6H2,1H3,(H,14,15). The third-order valence-corrected chi connectivity index (χ3v) is 3.90. The first kappa shape index (κ1) is 11.6. The molecule has 0 aromatic carbocycles. The Bertz CT molecular complexity index is 468. The second-order valence-corrected chi connectivity index (χ2v) is 5.07. The number of rotatable bonds is 4. The Morgan fingerprint density at radius 1 is 1.38 bits per heavy atom. The number of hydrogen-bond acceptors (Lipinski definition) is 3. The van der Waals surface area contributed by atoms with Gasteiger partial charge < -0.3 is 5.32 Å². The molecule has 2 aromatic rings. The first-order valence-electron chi connectivity index (χ1n) is 5.24. The molecule has 2 rings (SSSR count). The van der Waals surface area contributed by atoms with Gasteiger partial charge in [-0.05, 0) is 34.5 Å². The summed E-state index contributed by atoms with van der Waals surface area (Å²) in [5, 5.41) is 7.47. The Kier molecular flexibility index (Phi) is 3.96. The zero-order chi connectivity index (χ0) is 11.4. The fourth-order valence-corrected chi connectivity index (χ4v) is 2.89. The molecule has 2 nitrogen and oxygen atoms in total. The molecule has 0 aliphatic carbocycles. The number of anilines is 1. The second kappa shape index (κ2) is 5.46. The summed E-state index contributed by atoms with van der Waals surface area (Å²) in [6.07, 6.45) is 1.11. The highest BCUT2D eigenvalue weighted by molar-refractivity contribution is 9.10. The molecule has 0 aliphatic heterocycles. The molecular formula is C12H13BrN2S. The Hall–Kier alpha value is -0.870. The fraction of sp³-hybridized carbons (Fsp3) is 0.250. The van der Waals surface area contributed by atoms with Crippen molar-refractivity contribution < 1.29 is 0 Å². The van der Waals surface area contributed by atoms with Crippen LogP contribution in [0.4, 0.5) is 5.82 Å². The quantitative estimate of drug-likeness (QED) is 0.905. The predicted octanol–water partition coefficient (Wildman–Crippen LogP) is 4.39. The minimum atomic E-state index is 0.942. The van der Waals surface area contributed by atoms with Crippen LogP contribution in [-0.4, -0.2) is 11.5 Å². The maximum Gasteiger partial charge on any atom is 0.126 e. The van der Waals surface area contributed by atoms with E-state index in [1.54, 1.807) is 11.3 Å². The van der Waals surface area contributed by atoms with Gasteiger partial charge in [0.2, 0.25) is 0 Å². The Morgan fingerprint density at radius 3 is 2.94 bits per heavy atom. The largest absolute Gasteiger partial charge is 0.370 e. The van der Waals surface area contributed by atoms with Crippen molar-refractivity contribution in [1.29, 1.82) is 0 Å². The third-order valence-electron chi connectivity index (χ3n) is 2.20. The first-order chi connectivity index (χ1) is 7.81. The average Bonchev–Trinajstić information content (AvgIpc) is 2.73. The van der Waals surface area contributed by atoms with Gasteiger partial charge in [-0.3, -0.25) is 0 Å². The zero-order valence-electron chi connectivity index (χ0n) is 9.03. The Morgan fingerprint density at radius 2 is 2.25 bits per heavy atom. The van der Waals surface area contributed by atoms with E-state index in [9.17, 15) is 0 Å². The first-order valence-corrected chi connectivity index (χ1v) is 6.98. The van der Waals surface area contributed by atoms with Crippen LogP contribution < -0.4 is 5.32 Å². The molecule has 0 unspecified atom stereocenters. The van der Waals surface area contributed by atoms with Gasteiger partial charge in [-0.25, -0.2) is 4.98 Å². The Labute approximate surface area is 108 Å². The smallest absolute Gasteiger partial charge is 0.126 e. The molecule has 0 spiro atoms. The summed E-state index contributed by atoms with van der Waals surface area (Å²) in [5.41, 5.74) is 2.17. The molecule has 0 radical (unpaired) electrons. The van der Waals surface area contributed by atoms with Crippen molar-refractivity contribution in [1.82, 2.24) is 4.98 Å². The lowest BCUT2D eigenvalue weighted by atomic mass is 10.2. The van der Waals surface area contributed by atoms with Crippen LogP contribution in [0.25, 0.3) is 11.3 Å². The van der Waals surface area contributed by atoms with Gasteiger partial charge in [-0.15, -0.1) is 0 Å². The average molecular weight is 297 g/mol. The molecule has 1 N–H and O–H groups in total. The van der Waals surface area contributed by atoms with E-state index in [-0.39, 0.29) is 0 Å². The normalized spacial score (nSPS) is 10.4. The van der Waals surface area contributed by atoms with Crippen LogP contribution in [0.15, 0.2) is 33.4 Å². The highest BCUT2D eigenvalue weighted by Crippen LogP contribution is 2.30. The number of hydrogen-bond donors (Lipinski definition) is 1. The fourth-order valence-electron chi connectivity index (χ4n) is 1.40. The molecule has 0 aliphatic rings. The summed E-state index contributed by atoms with van der Waals surface area (Å²) in [6, 6.07) is 6.06. The predicted molar refractivity (Wildman–Crippen MR) is 74.0 cm³/mol. The van der Waals surface area contributed by atoms with Gasteiger partial charge in [-0.2, -0.15) is 11.3 Å². The van der Waals surface area contributed by atoms with Gasteiger partial charge in [0.25, 0.3) is 0 Å². The molecule has 2 aromatic heterocycles. The summed E-state index contributed by atoms with van der Waals surface area (Å²) in [5.74, 6) is 0.942. The topological polar surface area (TPSA) is 24.9 Å². The van der Waals surface area contributed by atoms with Gasteiger partial charge in [0.15, 0.2) is 0 Å². The second-order valence-electron chi connectivity index (χ2n) is 3.47. The number of nitrogens with zero attached hydrogens (tertiary/aromatic N) is 1. The van der Waals surface area contributed by atoms with Crippen molar-refractivity contribution in [2.75, 3.05) is 11.9 Å². The van der Waals surface area contributed by atoms with Gasteiger partial charge in [0.05, 0.1) is 5.69 Å². The van der Waals surface area contributed by atoms with E-state index in [0.29, 0.717) is 0 Å². The maximum atomic E-state index is 4.58. The van der Waals surface area contributed by atoms with Crippen molar-refractivity contribution in [2.45, 2.75) is 13.3 Å². The third kappa shape index (κ3) is 2.62. The van der Waals surface area contributed by atoms with Crippen LogP contribution in [0.1, 0.15) is 13.3 Å². The molecule has 0 amide bonds. The highest BCUT2D eigenvalue weighted by Gasteiger charge is 2.05. The molecule has 0 saturated heterocycles. The van der Waals surface area contributed by atoms with E-state index in [0.717, 1.165) is 34.5 Å². The maximum absolute atomic E-state index is 4.58. The van der Waals surface area contributed by atoms with Crippen LogP contribution in [-0.2, 0) is 0 Å². The zero-order valence-corrected chi connectivity index (χ0v) is 11.4. The van der Waals surface area contributed by atoms with Gasteiger partial charge in [-0.1, -0.05) is 13.0 Å². The molecule has 84 valence electrons. The molecule has 0 fully saturated rings. The molecule has 4 heteroatoms. The Balaban J connectivity index is 2.26. The molecule has 2 heterocycles. The lowest BCUT2D eigenvalue weighted by Crippen LogP contribution is -2.01. The number of aromatic nitrogens is 1. The van der Waals surface area contributed by atoms with Gasteiger partial charge in [0, 0.05) is 27.3 Å². The van der Waals surface area contributed by atoms with Crippen LogP contribution >= 0.6 is 27.3 Å². The molecule has 0 saturated carbocycles. The van der Waals surface area contributed by atoms with Crippen LogP contribution in [0, 0.1) is 0 Å². The van der Waals surface area contributed by atoms with E-state index < -0.39 is 0 Å². The SMILES string of the molecule is CCCNc1cccc(-c2cscc2Br)n1. The van der Waals surface area contributed by atoms with Crippen LogP contribution in [0.3, 0.4) is 0 Å². The number of nitrogens with one attached hydrogen (secondary N) is 1. The summed E-state index contributed by atoms with van der Waals surface area (Å²) in [7, 11) is 0. The molecule has 16 heavy (non-hydrogen) atoms.